The van der Waals surface area contributed by atoms with Crippen LogP contribution in [0.2, 0.25) is 5.02 Å². The van der Waals surface area contributed by atoms with Crippen molar-refractivity contribution in [3.05, 3.63) is 28.1 Å². The average Bonchev–Trinajstić information content (AvgIpc) is 2.55. The molecule has 86 valence electrons. The highest BCUT2D eigenvalue weighted by atomic mass is 35.5. The molecule has 1 nitrogen and oxygen atoms in total. The van der Waals surface area contributed by atoms with Gasteiger partial charge in [-0.15, -0.1) is 11.3 Å². The minimum atomic E-state index is 0.0913. The van der Waals surface area contributed by atoms with Gasteiger partial charge in [0, 0.05) is 15.0 Å². The van der Waals surface area contributed by atoms with Crippen molar-refractivity contribution in [3.63, 3.8) is 0 Å². The topological polar surface area (TPSA) is 9.23 Å². The fourth-order valence-electron chi connectivity index (χ4n) is 1.65. The van der Waals surface area contributed by atoms with Crippen molar-refractivity contribution in [2.24, 2.45) is 0 Å². The van der Waals surface area contributed by atoms with Crippen molar-refractivity contribution in [2.45, 2.75) is 26.2 Å². The highest BCUT2D eigenvalue weighted by Gasteiger charge is 2.22. The van der Waals surface area contributed by atoms with Crippen LogP contribution < -0.4 is 4.74 Å². The summed E-state index contributed by atoms with van der Waals surface area (Å²) in [6.45, 7) is 6.54. The number of halogens is 1. The lowest BCUT2D eigenvalue weighted by molar-refractivity contribution is 0.415. The molecule has 0 saturated carbocycles. The van der Waals surface area contributed by atoms with E-state index < -0.39 is 0 Å². The van der Waals surface area contributed by atoms with Gasteiger partial charge in [-0.1, -0.05) is 32.4 Å². The third-order valence-corrected chi connectivity index (χ3v) is 4.60. The third-order valence-electron chi connectivity index (χ3n) is 2.52. The van der Waals surface area contributed by atoms with Gasteiger partial charge in [0.1, 0.15) is 5.75 Å². The second-order valence-corrected chi connectivity index (χ2v) is 6.29. The molecule has 3 heteroatoms. The smallest absolute Gasteiger partial charge is 0.120 e. The highest BCUT2D eigenvalue weighted by molar-refractivity contribution is 7.20. The molecule has 0 N–H and O–H groups in total. The van der Waals surface area contributed by atoms with Gasteiger partial charge in [-0.25, -0.2) is 0 Å². The molecule has 1 aromatic carbocycles. The van der Waals surface area contributed by atoms with Crippen LogP contribution in [0.25, 0.3) is 10.1 Å². The zero-order valence-corrected chi connectivity index (χ0v) is 11.5. The summed E-state index contributed by atoms with van der Waals surface area (Å²) in [4.78, 5) is 1.23. The maximum atomic E-state index is 6.41. The van der Waals surface area contributed by atoms with E-state index in [1.54, 1.807) is 18.4 Å². The Morgan fingerprint density at radius 3 is 2.50 bits per heavy atom. The molecule has 0 amide bonds. The summed E-state index contributed by atoms with van der Waals surface area (Å²) < 4.78 is 6.41. The molecule has 0 atom stereocenters. The van der Waals surface area contributed by atoms with Crippen LogP contribution in [0.1, 0.15) is 25.6 Å². The lowest BCUT2D eigenvalue weighted by Gasteiger charge is -2.16. The Balaban J connectivity index is 2.68. The van der Waals surface area contributed by atoms with E-state index in [2.05, 4.69) is 20.8 Å². The number of hydrogen-bond donors (Lipinski definition) is 0. The summed E-state index contributed by atoms with van der Waals surface area (Å²) >= 11 is 8.16. The molecule has 0 saturated heterocycles. The van der Waals surface area contributed by atoms with E-state index in [0.29, 0.717) is 0 Å². The van der Waals surface area contributed by atoms with E-state index in [9.17, 15) is 0 Å². The van der Waals surface area contributed by atoms with Gasteiger partial charge in [0.2, 0.25) is 0 Å². The van der Waals surface area contributed by atoms with Crippen LogP contribution >= 0.6 is 22.9 Å². The zero-order valence-electron chi connectivity index (χ0n) is 9.93. The normalized spacial score (nSPS) is 12.1. The number of benzene rings is 1. The summed E-state index contributed by atoms with van der Waals surface area (Å²) in [5.41, 5.74) is 0.0913. The van der Waals surface area contributed by atoms with E-state index >= 15 is 0 Å². The number of hydrogen-bond acceptors (Lipinski definition) is 2. The zero-order chi connectivity index (χ0) is 11.9. The Morgan fingerprint density at radius 2 is 1.94 bits per heavy atom. The molecular weight excluding hydrogens is 240 g/mol. The van der Waals surface area contributed by atoms with Crippen molar-refractivity contribution < 1.29 is 4.74 Å². The van der Waals surface area contributed by atoms with Crippen LogP contribution in [0, 0.1) is 0 Å². The van der Waals surface area contributed by atoms with Crippen LogP contribution in [0.15, 0.2) is 18.2 Å². The Kier molecular flexibility index (Phi) is 2.89. The van der Waals surface area contributed by atoms with E-state index in [0.717, 1.165) is 16.2 Å². The minimum Gasteiger partial charge on any atom is -0.497 e. The van der Waals surface area contributed by atoms with E-state index in [1.807, 2.05) is 18.2 Å². The number of fused-ring (bicyclic) bond motifs is 1. The first-order valence-corrected chi connectivity index (χ1v) is 6.39. The molecule has 16 heavy (non-hydrogen) atoms. The Morgan fingerprint density at radius 1 is 1.25 bits per heavy atom. The Bertz CT molecular complexity index is 522. The van der Waals surface area contributed by atoms with Gasteiger partial charge < -0.3 is 4.74 Å². The summed E-state index contributed by atoms with van der Waals surface area (Å²) in [6, 6.07) is 6.02. The molecule has 0 aliphatic carbocycles. The molecule has 0 aliphatic rings. The van der Waals surface area contributed by atoms with Crippen molar-refractivity contribution >= 4 is 33.0 Å². The van der Waals surface area contributed by atoms with Crippen LogP contribution in [0.3, 0.4) is 0 Å². The molecule has 0 spiro atoms. The van der Waals surface area contributed by atoms with Gasteiger partial charge in [-0.05, 0) is 23.6 Å². The molecule has 0 aliphatic heterocycles. The summed E-state index contributed by atoms with van der Waals surface area (Å²) in [7, 11) is 1.68. The third kappa shape index (κ3) is 1.92. The van der Waals surface area contributed by atoms with Crippen molar-refractivity contribution in [1.82, 2.24) is 0 Å². The molecule has 1 aromatic heterocycles. The Hall–Kier alpha value is -0.730. The van der Waals surface area contributed by atoms with Crippen LogP contribution in [-0.4, -0.2) is 7.11 Å². The van der Waals surface area contributed by atoms with Crippen LogP contribution in [0.4, 0.5) is 0 Å². The quantitative estimate of drug-likeness (QED) is 0.706. The lowest BCUT2D eigenvalue weighted by Crippen LogP contribution is -2.08. The molecule has 1 heterocycles. The molecule has 2 aromatic rings. The maximum Gasteiger partial charge on any atom is 0.120 e. The summed E-state index contributed by atoms with van der Waals surface area (Å²) in [6.07, 6.45) is 0. The fourth-order valence-corrected chi connectivity index (χ4v) is 3.46. The van der Waals surface area contributed by atoms with Gasteiger partial charge in [0.15, 0.2) is 0 Å². The first-order valence-electron chi connectivity index (χ1n) is 5.20. The standard InChI is InChI=1S/C13H15ClOS/c1-13(2,3)12-11(14)9-6-5-8(15-4)7-10(9)16-12/h5-7H,1-4H3. The number of rotatable bonds is 1. The SMILES string of the molecule is COc1ccc2c(Cl)c(C(C)(C)C)sc2c1. The number of ether oxygens (including phenoxy) is 1. The predicted molar refractivity (Wildman–Crippen MR) is 72.1 cm³/mol. The largest absolute Gasteiger partial charge is 0.497 e. The molecule has 0 fully saturated rings. The van der Waals surface area contributed by atoms with Crippen LogP contribution in [0.5, 0.6) is 5.75 Å². The van der Waals surface area contributed by atoms with Gasteiger partial charge in [0.25, 0.3) is 0 Å². The fraction of sp³-hybridized carbons (Fsp3) is 0.385. The molecule has 0 unspecified atom stereocenters. The van der Waals surface area contributed by atoms with Crippen molar-refractivity contribution in [2.75, 3.05) is 7.11 Å². The first kappa shape index (κ1) is 11.7. The van der Waals surface area contributed by atoms with Crippen molar-refractivity contribution in [3.8, 4) is 5.75 Å². The van der Waals surface area contributed by atoms with Crippen molar-refractivity contribution in [1.29, 1.82) is 0 Å². The molecule has 0 bridgehead atoms. The predicted octanol–water partition coefficient (Wildman–Crippen LogP) is 4.86. The average molecular weight is 255 g/mol. The highest BCUT2D eigenvalue weighted by Crippen LogP contribution is 2.42. The first-order chi connectivity index (χ1) is 7.43. The number of thiophene rings is 1. The lowest BCUT2D eigenvalue weighted by atomic mass is 9.94. The van der Waals surface area contributed by atoms with Gasteiger partial charge in [-0.3, -0.25) is 0 Å². The summed E-state index contributed by atoms with van der Waals surface area (Å²) in [5, 5.41) is 2.01. The number of methoxy groups -OCH3 is 1. The molecule has 0 radical (unpaired) electrons. The molecule has 2 rings (SSSR count). The van der Waals surface area contributed by atoms with Gasteiger partial charge >= 0.3 is 0 Å². The summed E-state index contributed by atoms with van der Waals surface area (Å²) in [5.74, 6) is 0.880. The Labute approximate surface area is 105 Å². The second-order valence-electron chi connectivity index (χ2n) is 4.86. The van der Waals surface area contributed by atoms with E-state index in [-0.39, 0.29) is 5.41 Å². The van der Waals surface area contributed by atoms with Gasteiger partial charge in [0.05, 0.1) is 12.1 Å². The molecular formula is C13H15ClOS. The minimum absolute atomic E-state index is 0.0913. The van der Waals surface area contributed by atoms with E-state index in [1.165, 1.54) is 9.58 Å². The monoisotopic (exact) mass is 254 g/mol. The maximum absolute atomic E-state index is 6.41. The van der Waals surface area contributed by atoms with Gasteiger partial charge in [-0.2, -0.15) is 0 Å². The van der Waals surface area contributed by atoms with E-state index in [4.69, 9.17) is 16.3 Å². The second kappa shape index (κ2) is 3.94. The van der Waals surface area contributed by atoms with Crippen LogP contribution in [-0.2, 0) is 5.41 Å².